The van der Waals surface area contributed by atoms with E-state index in [-0.39, 0.29) is 35.6 Å². The van der Waals surface area contributed by atoms with E-state index < -0.39 is 0 Å². The van der Waals surface area contributed by atoms with Gasteiger partial charge in [0.2, 0.25) is 0 Å². The smallest absolute Gasteiger partial charge is 0.271 e. The molecule has 1 amide bonds. The van der Waals surface area contributed by atoms with Crippen LogP contribution in [0.1, 0.15) is 35.3 Å². The average molecular weight is 333 g/mol. The number of aromatic nitrogens is 2. The molecule has 2 saturated carbocycles. The maximum Gasteiger partial charge on any atom is 0.271 e. The average Bonchev–Trinajstić information content (AvgIpc) is 3.22. The zero-order valence-electron chi connectivity index (χ0n) is 12.9. The molecule has 0 spiro atoms. The van der Waals surface area contributed by atoms with Crippen molar-refractivity contribution in [2.24, 2.45) is 17.8 Å². The number of rotatable bonds is 3. The Morgan fingerprint density at radius 2 is 2.26 bits per heavy atom. The first kappa shape index (κ1) is 14.8. The molecule has 2 heterocycles. The summed E-state index contributed by atoms with van der Waals surface area (Å²) in [6.07, 6.45) is 4.65. The van der Waals surface area contributed by atoms with Crippen molar-refractivity contribution in [3.05, 3.63) is 33.2 Å². The van der Waals surface area contributed by atoms with Crippen LogP contribution in [0, 0.1) is 24.7 Å². The zero-order valence-corrected chi connectivity index (χ0v) is 13.7. The van der Waals surface area contributed by atoms with Crippen LogP contribution in [-0.2, 0) is 0 Å². The molecule has 2 N–H and O–H groups in total. The van der Waals surface area contributed by atoms with Gasteiger partial charge in [-0.1, -0.05) is 0 Å². The first-order valence-corrected chi connectivity index (χ1v) is 8.85. The number of carbonyl (C=O) groups excluding carboxylic acids is 1. The molecule has 4 unspecified atom stereocenters. The van der Waals surface area contributed by atoms with E-state index in [0.29, 0.717) is 16.8 Å². The molecular weight excluding hydrogens is 314 g/mol. The van der Waals surface area contributed by atoms with Crippen molar-refractivity contribution in [2.45, 2.75) is 32.2 Å². The highest BCUT2D eigenvalue weighted by atomic mass is 32.1. The van der Waals surface area contributed by atoms with E-state index in [1.165, 1.54) is 21.9 Å². The molecule has 23 heavy (non-hydrogen) atoms. The quantitative estimate of drug-likeness (QED) is 0.884. The minimum Gasteiger partial charge on any atom is -0.396 e. The van der Waals surface area contributed by atoms with Gasteiger partial charge in [-0.3, -0.25) is 14.0 Å². The first-order valence-electron chi connectivity index (χ1n) is 7.97. The molecule has 0 aromatic carbocycles. The SMILES string of the molecule is Cc1csc2ncc(C(=O)NC3C4CCC(C4)C3CO)c(=O)n12. The van der Waals surface area contributed by atoms with Crippen LogP contribution in [0.2, 0.25) is 0 Å². The Morgan fingerprint density at radius 1 is 1.48 bits per heavy atom. The fourth-order valence-electron chi connectivity index (χ4n) is 4.31. The number of aryl methyl sites for hydroxylation is 1. The summed E-state index contributed by atoms with van der Waals surface area (Å²) >= 11 is 1.38. The van der Waals surface area contributed by atoms with E-state index in [4.69, 9.17) is 0 Å². The van der Waals surface area contributed by atoms with Crippen LogP contribution in [0.15, 0.2) is 16.4 Å². The Labute approximate surface area is 137 Å². The molecular formula is C16H19N3O3S. The third-order valence-corrected chi connectivity index (χ3v) is 6.42. The molecule has 4 atom stereocenters. The number of aliphatic hydroxyl groups excluding tert-OH is 1. The van der Waals surface area contributed by atoms with Gasteiger partial charge in [-0.05, 0) is 38.0 Å². The number of carbonyl (C=O) groups is 1. The Bertz CT molecular complexity index is 828. The number of amides is 1. The van der Waals surface area contributed by atoms with Gasteiger partial charge in [0.05, 0.1) is 0 Å². The minimum absolute atomic E-state index is 0.0325. The van der Waals surface area contributed by atoms with Gasteiger partial charge in [-0.15, -0.1) is 11.3 Å². The molecule has 7 heteroatoms. The molecule has 6 nitrogen and oxygen atoms in total. The fourth-order valence-corrected chi connectivity index (χ4v) is 5.14. The van der Waals surface area contributed by atoms with Crippen LogP contribution in [0.5, 0.6) is 0 Å². The number of aliphatic hydroxyl groups is 1. The molecule has 2 aliphatic carbocycles. The van der Waals surface area contributed by atoms with E-state index in [0.717, 1.165) is 25.0 Å². The highest BCUT2D eigenvalue weighted by Crippen LogP contribution is 2.48. The lowest BCUT2D eigenvalue weighted by Crippen LogP contribution is -2.46. The lowest BCUT2D eigenvalue weighted by molar-refractivity contribution is 0.0859. The Hall–Kier alpha value is -1.73. The number of hydrogen-bond donors (Lipinski definition) is 2. The second-order valence-electron chi connectivity index (χ2n) is 6.65. The Morgan fingerprint density at radius 3 is 3.04 bits per heavy atom. The van der Waals surface area contributed by atoms with Gasteiger partial charge < -0.3 is 10.4 Å². The second-order valence-corrected chi connectivity index (χ2v) is 7.49. The molecule has 122 valence electrons. The lowest BCUT2D eigenvalue weighted by Gasteiger charge is -2.30. The lowest BCUT2D eigenvalue weighted by atomic mass is 9.85. The summed E-state index contributed by atoms with van der Waals surface area (Å²) in [6, 6.07) is -0.0325. The van der Waals surface area contributed by atoms with Crippen LogP contribution in [0.4, 0.5) is 0 Å². The predicted octanol–water partition coefficient (Wildman–Crippen LogP) is 1.20. The van der Waals surface area contributed by atoms with Crippen LogP contribution in [-0.4, -0.2) is 33.0 Å². The highest BCUT2D eigenvalue weighted by molar-refractivity contribution is 7.15. The normalized spacial score (nSPS) is 29.3. The Kier molecular flexibility index (Phi) is 3.50. The molecule has 2 bridgehead atoms. The number of thiazole rings is 1. The van der Waals surface area contributed by atoms with E-state index in [9.17, 15) is 14.7 Å². The number of hydrogen-bond acceptors (Lipinski definition) is 5. The van der Waals surface area contributed by atoms with Crippen LogP contribution in [0.3, 0.4) is 0 Å². The van der Waals surface area contributed by atoms with Gasteiger partial charge in [0, 0.05) is 35.8 Å². The molecule has 4 rings (SSSR count). The number of fused-ring (bicyclic) bond motifs is 3. The maximum absolute atomic E-state index is 12.6. The summed E-state index contributed by atoms with van der Waals surface area (Å²) < 4.78 is 1.48. The van der Waals surface area contributed by atoms with Crippen molar-refractivity contribution in [1.29, 1.82) is 0 Å². The van der Waals surface area contributed by atoms with Gasteiger partial charge in [0.25, 0.3) is 11.5 Å². The summed E-state index contributed by atoms with van der Waals surface area (Å²) in [7, 11) is 0. The summed E-state index contributed by atoms with van der Waals surface area (Å²) in [5, 5.41) is 14.5. The molecule has 2 fully saturated rings. The molecule has 2 aromatic heterocycles. The van der Waals surface area contributed by atoms with Crippen LogP contribution in [0.25, 0.3) is 4.96 Å². The fraction of sp³-hybridized carbons (Fsp3) is 0.562. The van der Waals surface area contributed by atoms with Crippen molar-refractivity contribution in [1.82, 2.24) is 14.7 Å². The summed E-state index contributed by atoms with van der Waals surface area (Å²) in [4.78, 5) is 30.0. The van der Waals surface area contributed by atoms with E-state index in [2.05, 4.69) is 10.3 Å². The topological polar surface area (TPSA) is 83.7 Å². The van der Waals surface area contributed by atoms with Crippen molar-refractivity contribution < 1.29 is 9.90 Å². The molecule has 2 aromatic rings. The second kappa shape index (κ2) is 5.42. The number of nitrogens with zero attached hydrogens (tertiary/aromatic N) is 2. The standard InChI is InChI=1S/C16H19N3O3S/c1-8-7-23-16-17-5-11(15(22)19(8)16)14(21)18-13-10-3-2-9(4-10)12(13)6-20/h5,7,9-10,12-13,20H,2-4,6H2,1H3,(H,18,21). The van der Waals surface area contributed by atoms with E-state index in [1.807, 2.05) is 12.3 Å². The van der Waals surface area contributed by atoms with Crippen LogP contribution < -0.4 is 10.9 Å². The molecule has 0 radical (unpaired) electrons. The summed E-state index contributed by atoms with van der Waals surface area (Å²) in [6.45, 7) is 1.91. The van der Waals surface area contributed by atoms with Crippen LogP contribution >= 0.6 is 11.3 Å². The van der Waals surface area contributed by atoms with E-state index in [1.54, 1.807) is 0 Å². The summed E-state index contributed by atoms with van der Waals surface area (Å²) in [5.41, 5.74) is 0.531. The van der Waals surface area contributed by atoms with Crippen molar-refractivity contribution in [3.63, 3.8) is 0 Å². The van der Waals surface area contributed by atoms with Gasteiger partial charge in [0.15, 0.2) is 4.96 Å². The minimum atomic E-state index is -0.376. The van der Waals surface area contributed by atoms with Gasteiger partial charge in [-0.25, -0.2) is 4.98 Å². The summed E-state index contributed by atoms with van der Waals surface area (Å²) in [5.74, 6) is 0.651. The van der Waals surface area contributed by atoms with Gasteiger partial charge in [0.1, 0.15) is 5.56 Å². The largest absolute Gasteiger partial charge is 0.396 e. The third kappa shape index (κ3) is 2.21. The monoisotopic (exact) mass is 333 g/mol. The predicted molar refractivity (Wildman–Crippen MR) is 86.7 cm³/mol. The van der Waals surface area contributed by atoms with Crippen molar-refractivity contribution in [3.8, 4) is 0 Å². The van der Waals surface area contributed by atoms with Gasteiger partial charge in [-0.2, -0.15) is 0 Å². The van der Waals surface area contributed by atoms with Crippen molar-refractivity contribution in [2.75, 3.05) is 6.61 Å². The number of nitrogens with one attached hydrogen (secondary N) is 1. The van der Waals surface area contributed by atoms with Gasteiger partial charge >= 0.3 is 0 Å². The highest BCUT2D eigenvalue weighted by Gasteiger charge is 2.47. The first-order chi connectivity index (χ1) is 11.1. The van der Waals surface area contributed by atoms with Crippen molar-refractivity contribution >= 4 is 22.2 Å². The third-order valence-electron chi connectivity index (χ3n) is 5.46. The molecule has 0 saturated heterocycles. The maximum atomic E-state index is 12.6. The van der Waals surface area contributed by atoms with E-state index >= 15 is 0 Å². The molecule has 2 aliphatic rings. The zero-order chi connectivity index (χ0) is 16.1. The molecule has 0 aliphatic heterocycles. The Balaban J connectivity index is 1.64.